The van der Waals surface area contributed by atoms with Crippen molar-refractivity contribution in [2.75, 3.05) is 4.81 Å². The number of hydrogen-bond acceptors (Lipinski definition) is 2. The van der Waals surface area contributed by atoms with Gasteiger partial charge >= 0.3 is 6.85 Å². The lowest BCUT2D eigenvalue weighted by molar-refractivity contribution is 0.590. The third-order valence-corrected chi connectivity index (χ3v) is 18.5. The molecule has 2 aliphatic carbocycles. The van der Waals surface area contributed by atoms with Gasteiger partial charge in [-0.05, 0) is 149 Å². The highest BCUT2D eigenvalue weighted by Gasteiger charge is 2.51. The molecule has 4 heterocycles. The molecule has 70 heavy (non-hydrogen) atoms. The van der Waals surface area contributed by atoms with Crippen LogP contribution in [0.4, 0.5) is 11.4 Å². The van der Waals surface area contributed by atoms with Crippen molar-refractivity contribution in [1.29, 1.82) is 0 Å². The van der Waals surface area contributed by atoms with Crippen molar-refractivity contribution in [3.8, 4) is 39.1 Å². The van der Waals surface area contributed by atoms with Crippen molar-refractivity contribution in [2.24, 2.45) is 0 Å². The molecule has 4 aliphatic rings. The maximum absolute atomic E-state index is 2.77. The van der Waals surface area contributed by atoms with Gasteiger partial charge in [0.25, 0.3) is 0 Å². The lowest BCUT2D eigenvalue weighted by Gasteiger charge is -2.44. The van der Waals surface area contributed by atoms with Crippen LogP contribution in [0, 0.1) is 0 Å². The first-order valence-corrected chi connectivity index (χ1v) is 26.4. The average molecular weight is 925 g/mol. The van der Waals surface area contributed by atoms with E-state index >= 15 is 0 Å². The molecule has 2 aromatic heterocycles. The molecule has 4 heteroatoms. The first-order chi connectivity index (χ1) is 33.1. The van der Waals surface area contributed by atoms with E-state index in [-0.39, 0.29) is 33.9 Å². The number of aromatic nitrogens is 1. The van der Waals surface area contributed by atoms with Gasteiger partial charge < -0.3 is 9.38 Å². The standard InChI is InChI=1S/C66H61BN2S/c1-62(2,3)36-22-26-39(27-23-36)69-52-35-55-44(43-30-38(64(7,8)9)25-29-54(43)70-55)32-46(52)58-59-56(41-19-15-17-21-48(41)66(59,12)13)57-45-31-37(63(4,5)6)24-28-51(45)68-53-34-49-42(33-50(53)67(69)60(58)61(57)68)40-18-14-16-20-47(40)65(49,10)11/h14-35H,1-13H3. The molecule has 8 aromatic carbocycles. The van der Waals surface area contributed by atoms with E-state index in [9.17, 15) is 0 Å². The van der Waals surface area contributed by atoms with Gasteiger partial charge in [0.05, 0.1) is 11.0 Å². The summed E-state index contributed by atoms with van der Waals surface area (Å²) in [6.07, 6.45) is 0. The highest BCUT2D eigenvalue weighted by atomic mass is 32.1. The minimum atomic E-state index is -0.271. The van der Waals surface area contributed by atoms with Crippen LogP contribution >= 0.6 is 11.3 Å². The lowest BCUT2D eigenvalue weighted by Crippen LogP contribution is -2.61. The van der Waals surface area contributed by atoms with E-state index in [1.54, 1.807) is 0 Å². The molecular weight excluding hydrogens is 864 g/mol. The summed E-state index contributed by atoms with van der Waals surface area (Å²) in [4.78, 5) is 2.77. The molecule has 0 atom stereocenters. The maximum Gasteiger partial charge on any atom is 0.333 e. The molecule has 0 saturated heterocycles. The molecule has 0 bridgehead atoms. The van der Waals surface area contributed by atoms with Crippen molar-refractivity contribution in [3.63, 3.8) is 0 Å². The molecule has 0 amide bonds. The number of nitrogens with zero attached hydrogens (tertiary/aromatic N) is 2. The van der Waals surface area contributed by atoms with E-state index in [2.05, 4.69) is 233 Å². The zero-order valence-corrected chi connectivity index (χ0v) is 43.9. The van der Waals surface area contributed by atoms with Crippen molar-refractivity contribution >= 4 is 82.5 Å². The van der Waals surface area contributed by atoms with Crippen LogP contribution in [0.2, 0.25) is 0 Å². The predicted octanol–water partition coefficient (Wildman–Crippen LogP) is 16.9. The van der Waals surface area contributed by atoms with Crippen LogP contribution in [0.3, 0.4) is 0 Å². The summed E-state index contributed by atoms with van der Waals surface area (Å²) in [7, 11) is 0. The molecule has 344 valence electrons. The van der Waals surface area contributed by atoms with Gasteiger partial charge in [-0.15, -0.1) is 11.3 Å². The van der Waals surface area contributed by atoms with Crippen LogP contribution in [0.15, 0.2) is 133 Å². The fourth-order valence-electron chi connectivity index (χ4n) is 13.7. The molecular formula is C66H61BN2S. The van der Waals surface area contributed by atoms with Crippen LogP contribution in [-0.2, 0) is 27.1 Å². The van der Waals surface area contributed by atoms with Gasteiger partial charge in [-0.3, -0.25) is 0 Å². The summed E-state index contributed by atoms with van der Waals surface area (Å²) in [6.45, 7) is 30.9. The molecule has 2 nitrogen and oxygen atoms in total. The molecule has 0 spiro atoms. The minimum Gasteiger partial charge on any atom is -0.376 e. The Kier molecular flexibility index (Phi) is 8.10. The zero-order chi connectivity index (χ0) is 48.5. The zero-order valence-electron chi connectivity index (χ0n) is 43.1. The van der Waals surface area contributed by atoms with E-state index < -0.39 is 0 Å². The minimum absolute atomic E-state index is 0.0229. The third kappa shape index (κ3) is 5.36. The molecule has 0 saturated carbocycles. The number of thiophene rings is 1. The van der Waals surface area contributed by atoms with Crippen LogP contribution in [0.5, 0.6) is 0 Å². The summed E-state index contributed by atoms with van der Waals surface area (Å²) < 4.78 is 5.41. The van der Waals surface area contributed by atoms with Crippen LogP contribution < -0.4 is 15.7 Å². The van der Waals surface area contributed by atoms with Gasteiger partial charge in [0, 0.05) is 64.4 Å². The second kappa shape index (κ2) is 13.3. The molecule has 10 aromatic rings. The van der Waals surface area contributed by atoms with Crippen LogP contribution in [0.25, 0.3) is 81.0 Å². The number of hydrogen-bond donors (Lipinski definition) is 0. The third-order valence-electron chi connectivity index (χ3n) is 17.4. The molecule has 2 aliphatic heterocycles. The fraction of sp³-hybridized carbons (Fsp3) is 0.273. The smallest absolute Gasteiger partial charge is 0.333 e. The summed E-state index contributed by atoms with van der Waals surface area (Å²) in [5, 5.41) is 5.46. The lowest BCUT2D eigenvalue weighted by atomic mass is 9.43. The quantitative estimate of drug-likeness (QED) is 0.149. The Bertz CT molecular complexity index is 4000. The van der Waals surface area contributed by atoms with E-state index in [4.69, 9.17) is 0 Å². The summed E-state index contributed by atoms with van der Waals surface area (Å²) in [6, 6.07) is 53.3. The molecule has 0 N–H and O–H groups in total. The Balaban J connectivity index is 1.22. The van der Waals surface area contributed by atoms with Gasteiger partial charge in [-0.25, -0.2) is 0 Å². The first kappa shape index (κ1) is 42.5. The van der Waals surface area contributed by atoms with Gasteiger partial charge in [-0.2, -0.15) is 0 Å². The summed E-state index contributed by atoms with van der Waals surface area (Å²) in [5.41, 5.74) is 26.9. The molecule has 0 radical (unpaired) electrons. The van der Waals surface area contributed by atoms with Crippen LogP contribution in [-0.4, -0.2) is 11.4 Å². The highest BCUT2D eigenvalue weighted by Crippen LogP contribution is 2.60. The van der Waals surface area contributed by atoms with Gasteiger partial charge in [0.15, 0.2) is 0 Å². The van der Waals surface area contributed by atoms with Crippen molar-refractivity contribution < 1.29 is 0 Å². The van der Waals surface area contributed by atoms with Crippen molar-refractivity contribution in [2.45, 2.75) is 117 Å². The Morgan fingerprint density at radius 2 is 1.07 bits per heavy atom. The largest absolute Gasteiger partial charge is 0.376 e. The summed E-state index contributed by atoms with van der Waals surface area (Å²) >= 11 is 1.95. The topological polar surface area (TPSA) is 8.17 Å². The Morgan fingerprint density at radius 3 is 1.76 bits per heavy atom. The maximum atomic E-state index is 2.77. The second-order valence-electron chi connectivity index (χ2n) is 25.4. The number of rotatable bonds is 1. The van der Waals surface area contributed by atoms with Gasteiger partial charge in [-0.1, -0.05) is 169 Å². The number of fused-ring (bicyclic) bond motifs is 19. The number of anilines is 2. The fourth-order valence-corrected chi connectivity index (χ4v) is 14.8. The van der Waals surface area contributed by atoms with Gasteiger partial charge in [0.2, 0.25) is 0 Å². The predicted molar refractivity (Wildman–Crippen MR) is 304 cm³/mol. The first-order valence-electron chi connectivity index (χ1n) is 25.6. The number of benzene rings is 8. The Labute approximate surface area is 418 Å². The van der Waals surface area contributed by atoms with Crippen LogP contribution in [0.1, 0.15) is 129 Å². The molecule has 0 unspecified atom stereocenters. The monoisotopic (exact) mass is 924 g/mol. The van der Waals surface area contributed by atoms with Crippen molar-refractivity contribution in [1.82, 2.24) is 4.57 Å². The Morgan fingerprint density at radius 1 is 0.471 bits per heavy atom. The van der Waals surface area contributed by atoms with E-state index in [0.717, 1.165) is 0 Å². The van der Waals surface area contributed by atoms with E-state index in [1.165, 1.54) is 142 Å². The normalized spacial score (nSPS) is 16.0. The average Bonchev–Trinajstić information content (AvgIpc) is 3.99. The molecule has 0 fully saturated rings. The highest BCUT2D eigenvalue weighted by molar-refractivity contribution is 7.25. The molecule has 14 rings (SSSR count). The van der Waals surface area contributed by atoms with E-state index in [1.807, 2.05) is 11.3 Å². The summed E-state index contributed by atoms with van der Waals surface area (Å²) in [5.74, 6) is 0. The Hall–Kier alpha value is -6.36. The SMILES string of the molecule is CC(C)(C)c1ccc(N2B3c4cc5c(cc4-n4c6ccc(C(C)(C)C)cc6c6c7c(c(c3c64)-c3cc4c(cc32)sc2ccc(C(C)(C)C)cc24)C(C)(C)c2ccccc2-7)C(C)(C)c2ccccc2-5)cc1. The second-order valence-corrected chi connectivity index (χ2v) is 26.5. The van der Waals surface area contributed by atoms with E-state index in [0.29, 0.717) is 0 Å². The van der Waals surface area contributed by atoms with Gasteiger partial charge in [0.1, 0.15) is 0 Å². The van der Waals surface area contributed by atoms with Crippen molar-refractivity contribution in [3.05, 3.63) is 172 Å².